The maximum Gasteiger partial charge on any atom is 1.00 e. The second-order valence-corrected chi connectivity index (χ2v) is 6.75. The number of Topliss-reactive ketones (excluding diaryl/α,β-unsaturated/α-hetero) is 1. The Kier molecular flexibility index (Phi) is 5.34. The third-order valence-corrected chi connectivity index (χ3v) is 5.24. The van der Waals surface area contributed by atoms with Gasteiger partial charge in [-0.25, -0.2) is 13.4 Å². The van der Waals surface area contributed by atoms with E-state index in [1.165, 1.54) is 37.5 Å². The summed E-state index contributed by atoms with van der Waals surface area (Å²) in [6, 6.07) is 10.7. The Balaban J connectivity index is 0.00000208. The molecule has 0 fully saturated rings. The van der Waals surface area contributed by atoms with E-state index in [1.807, 2.05) is 0 Å². The molecular weight excluding hydrogens is 341 g/mol. The summed E-state index contributed by atoms with van der Waals surface area (Å²) in [5.74, 6) is -1.25. The van der Waals surface area contributed by atoms with Crippen LogP contribution in [0.2, 0.25) is 0 Å². The molecule has 0 radical (unpaired) electrons. The van der Waals surface area contributed by atoms with E-state index >= 15 is 0 Å². The molecule has 0 unspecified atom stereocenters. The standard InChI is InChI=1S/C15H13N3O4S.Na/c1-18-13(15(20)17-12-8-4-5-9-16-12)14(19)10-6-2-3-7-11(10)23(18,21)22;/h2-9,20H,1H3,(H,16,17);/q;+1/p-1/b15-13-;. The largest absolute Gasteiger partial charge is 1.00 e. The van der Waals surface area contributed by atoms with E-state index in [9.17, 15) is 18.3 Å². The second-order valence-electron chi connectivity index (χ2n) is 4.82. The van der Waals surface area contributed by atoms with Crippen molar-refractivity contribution in [2.75, 3.05) is 12.4 Å². The van der Waals surface area contributed by atoms with Crippen LogP contribution in [-0.4, -0.2) is 30.5 Å². The van der Waals surface area contributed by atoms with Gasteiger partial charge in [0.05, 0.1) is 4.90 Å². The molecule has 9 heteroatoms. The molecule has 1 aromatic heterocycles. The summed E-state index contributed by atoms with van der Waals surface area (Å²) in [6.07, 6.45) is 1.47. The van der Waals surface area contributed by atoms with Gasteiger partial charge in [0.2, 0.25) is 5.78 Å². The van der Waals surface area contributed by atoms with Crippen LogP contribution in [0.1, 0.15) is 10.4 Å². The van der Waals surface area contributed by atoms with Gasteiger partial charge in [0.25, 0.3) is 10.0 Å². The van der Waals surface area contributed by atoms with Crippen molar-refractivity contribution in [3.05, 3.63) is 65.8 Å². The molecule has 1 aliphatic rings. The van der Waals surface area contributed by atoms with Gasteiger partial charge in [-0.05, 0) is 30.1 Å². The molecule has 7 nitrogen and oxygen atoms in total. The fourth-order valence-electron chi connectivity index (χ4n) is 2.28. The van der Waals surface area contributed by atoms with Crippen molar-refractivity contribution in [3.63, 3.8) is 0 Å². The topological polar surface area (TPSA) is 102 Å². The molecule has 0 aliphatic carbocycles. The number of fused-ring (bicyclic) bond motifs is 1. The van der Waals surface area contributed by atoms with Crippen LogP contribution in [-0.2, 0) is 10.0 Å². The van der Waals surface area contributed by atoms with Gasteiger partial charge < -0.3 is 10.4 Å². The van der Waals surface area contributed by atoms with Gasteiger partial charge in [0.15, 0.2) is 0 Å². The number of pyridine rings is 1. The summed E-state index contributed by atoms with van der Waals surface area (Å²) in [6.45, 7) is 0. The molecule has 24 heavy (non-hydrogen) atoms. The fourth-order valence-corrected chi connectivity index (χ4v) is 3.67. The first kappa shape index (κ1) is 18.5. The molecule has 0 saturated heterocycles. The van der Waals surface area contributed by atoms with Crippen LogP contribution in [0.4, 0.5) is 5.82 Å². The number of allylic oxidation sites excluding steroid dienone is 1. The van der Waals surface area contributed by atoms with Crippen molar-refractivity contribution in [2.45, 2.75) is 4.90 Å². The molecule has 1 aliphatic heterocycles. The molecule has 1 N–H and O–H groups in total. The third-order valence-electron chi connectivity index (χ3n) is 3.42. The van der Waals surface area contributed by atoms with E-state index in [1.54, 1.807) is 18.2 Å². The number of hydrogen-bond acceptors (Lipinski definition) is 6. The predicted molar refractivity (Wildman–Crippen MR) is 80.6 cm³/mol. The number of ketones is 1. The first-order valence-corrected chi connectivity index (χ1v) is 8.09. The fraction of sp³-hybridized carbons (Fsp3) is 0.0667. The number of nitrogens with zero attached hydrogens (tertiary/aromatic N) is 2. The van der Waals surface area contributed by atoms with Crippen LogP contribution in [0.3, 0.4) is 0 Å². The summed E-state index contributed by atoms with van der Waals surface area (Å²) in [5.41, 5.74) is -0.480. The second kappa shape index (κ2) is 6.94. The summed E-state index contributed by atoms with van der Waals surface area (Å²) < 4.78 is 25.7. The zero-order valence-corrected chi connectivity index (χ0v) is 15.9. The van der Waals surface area contributed by atoms with Gasteiger partial charge in [-0.3, -0.25) is 9.10 Å². The van der Waals surface area contributed by atoms with E-state index in [2.05, 4.69) is 10.3 Å². The van der Waals surface area contributed by atoms with E-state index in [0.29, 0.717) is 4.31 Å². The maximum absolute atomic E-state index is 12.5. The molecule has 0 amide bonds. The molecular formula is C15H12N3NaO4S. The van der Waals surface area contributed by atoms with E-state index in [-0.39, 0.29) is 45.8 Å². The Morgan fingerprint density at radius 3 is 2.50 bits per heavy atom. The molecule has 1 aromatic carbocycles. The van der Waals surface area contributed by atoms with Crippen LogP contribution >= 0.6 is 0 Å². The van der Waals surface area contributed by atoms with Gasteiger partial charge >= 0.3 is 29.6 Å². The quantitative estimate of drug-likeness (QED) is 0.365. The average Bonchev–Trinajstić information content (AvgIpc) is 2.54. The van der Waals surface area contributed by atoms with Crippen LogP contribution in [0.5, 0.6) is 0 Å². The SMILES string of the molecule is CN1/C(=C(\[O-])Nc2ccccn2)C(=O)c2ccccc2S1(=O)=O.[Na+]. The van der Waals surface area contributed by atoms with Crippen LogP contribution in [0, 0.1) is 0 Å². The zero-order chi connectivity index (χ0) is 16.6. The van der Waals surface area contributed by atoms with Gasteiger partial charge in [-0.1, -0.05) is 18.2 Å². The van der Waals surface area contributed by atoms with Crippen molar-refractivity contribution in [1.29, 1.82) is 0 Å². The molecule has 0 spiro atoms. The van der Waals surface area contributed by atoms with E-state index in [4.69, 9.17) is 0 Å². The molecule has 2 heterocycles. The van der Waals surface area contributed by atoms with Gasteiger partial charge in [0.1, 0.15) is 11.5 Å². The molecule has 3 rings (SSSR count). The predicted octanol–water partition coefficient (Wildman–Crippen LogP) is -2.46. The minimum atomic E-state index is -3.95. The molecule has 2 aromatic rings. The Bertz CT molecular complexity index is 913. The van der Waals surface area contributed by atoms with Crippen molar-refractivity contribution in [2.24, 2.45) is 0 Å². The Labute approximate surface area is 161 Å². The Hall–Kier alpha value is -1.87. The number of carbonyl (C=O) groups excluding carboxylic acids is 1. The number of benzene rings is 1. The molecule has 0 saturated carbocycles. The summed E-state index contributed by atoms with van der Waals surface area (Å²) in [7, 11) is -2.77. The number of rotatable bonds is 2. The van der Waals surface area contributed by atoms with Gasteiger partial charge in [-0.2, -0.15) is 0 Å². The van der Waals surface area contributed by atoms with Gasteiger partial charge in [0, 0.05) is 18.8 Å². The van der Waals surface area contributed by atoms with Crippen LogP contribution < -0.4 is 40.0 Å². The number of anilines is 1. The van der Waals surface area contributed by atoms with Crippen molar-refractivity contribution >= 4 is 21.6 Å². The molecule has 0 bridgehead atoms. The number of carbonyl (C=O) groups is 1. The smallest absolute Gasteiger partial charge is 0.859 e. The normalized spacial score (nSPS) is 17.5. The monoisotopic (exact) mass is 353 g/mol. The number of sulfonamides is 1. The summed E-state index contributed by atoms with van der Waals surface area (Å²) in [4.78, 5) is 16.3. The first-order chi connectivity index (χ1) is 10.9. The zero-order valence-electron chi connectivity index (χ0n) is 13.1. The van der Waals surface area contributed by atoms with Crippen LogP contribution in [0.15, 0.2) is 65.1 Å². The van der Waals surface area contributed by atoms with Crippen LogP contribution in [0.25, 0.3) is 0 Å². The number of hydrogen-bond donors (Lipinski definition) is 1. The van der Waals surface area contributed by atoms with Gasteiger partial charge in [-0.15, -0.1) is 0 Å². The Morgan fingerprint density at radius 1 is 1.17 bits per heavy atom. The maximum atomic E-state index is 12.5. The van der Waals surface area contributed by atoms with Crippen molar-refractivity contribution in [1.82, 2.24) is 9.29 Å². The number of nitrogens with one attached hydrogen (secondary N) is 1. The van der Waals surface area contributed by atoms with Crippen molar-refractivity contribution in [3.8, 4) is 0 Å². The minimum Gasteiger partial charge on any atom is -0.859 e. The average molecular weight is 353 g/mol. The summed E-state index contributed by atoms with van der Waals surface area (Å²) >= 11 is 0. The summed E-state index contributed by atoms with van der Waals surface area (Å²) in [5, 5.41) is 14.8. The van der Waals surface area contributed by atoms with Crippen molar-refractivity contribution < 1.29 is 47.9 Å². The first-order valence-electron chi connectivity index (χ1n) is 6.65. The Morgan fingerprint density at radius 2 is 1.83 bits per heavy atom. The van der Waals surface area contributed by atoms with E-state index < -0.39 is 27.4 Å². The molecule has 0 atom stereocenters. The third kappa shape index (κ3) is 3.05. The number of likely N-dealkylation sites (N-methyl/N-ethyl adjacent to an activating group) is 1. The molecule has 118 valence electrons. The minimum absolute atomic E-state index is 0. The van der Waals surface area contributed by atoms with E-state index in [0.717, 1.165) is 0 Å². The number of aromatic nitrogens is 1.